The van der Waals surface area contributed by atoms with E-state index in [0.717, 1.165) is 47.6 Å². The molecule has 1 saturated carbocycles. The maximum Gasteiger partial charge on any atom is 0.306 e. The van der Waals surface area contributed by atoms with Gasteiger partial charge in [-0.3, -0.25) is 9.59 Å². The number of amides is 1. The summed E-state index contributed by atoms with van der Waals surface area (Å²) in [5.41, 5.74) is 4.57. The zero-order chi connectivity index (χ0) is 21.1. The summed E-state index contributed by atoms with van der Waals surface area (Å²) in [5.74, 6) is -0.116. The minimum Gasteiger partial charge on any atom is -0.453 e. The molecule has 0 radical (unpaired) electrons. The van der Waals surface area contributed by atoms with E-state index in [1.807, 2.05) is 31.4 Å². The lowest BCUT2D eigenvalue weighted by molar-refractivity contribution is -0.155. The summed E-state index contributed by atoms with van der Waals surface area (Å²) in [6.45, 7) is 9.66. The molecule has 7 nitrogen and oxygen atoms in total. The van der Waals surface area contributed by atoms with Crippen LogP contribution in [0, 0.1) is 26.7 Å². The summed E-state index contributed by atoms with van der Waals surface area (Å²) in [7, 11) is 0. The van der Waals surface area contributed by atoms with E-state index < -0.39 is 6.10 Å². The number of carbonyl (C=O) groups is 2. The highest BCUT2D eigenvalue weighted by atomic mass is 16.5. The Balaban J connectivity index is 1.55. The number of carbonyl (C=O) groups excluding carboxylic acids is 2. The van der Waals surface area contributed by atoms with Gasteiger partial charge in [-0.1, -0.05) is 19.8 Å². The van der Waals surface area contributed by atoms with Crippen LogP contribution in [-0.2, 0) is 20.7 Å². The largest absolute Gasteiger partial charge is 0.453 e. The van der Waals surface area contributed by atoms with Crippen LogP contribution in [0.15, 0.2) is 6.07 Å². The first-order valence-corrected chi connectivity index (χ1v) is 10.6. The average molecular weight is 401 g/mol. The molecule has 3 atom stereocenters. The van der Waals surface area contributed by atoms with Gasteiger partial charge in [0, 0.05) is 29.9 Å². The number of ether oxygens (including phenoxy) is 1. The Labute approximate surface area is 172 Å². The molecular weight excluding hydrogens is 368 g/mol. The zero-order valence-corrected chi connectivity index (χ0v) is 18.1. The first-order chi connectivity index (χ1) is 13.8. The molecule has 0 spiro atoms. The van der Waals surface area contributed by atoms with E-state index in [2.05, 4.69) is 22.3 Å². The van der Waals surface area contributed by atoms with Gasteiger partial charge in [-0.2, -0.15) is 5.10 Å². The minimum absolute atomic E-state index is 0.179. The number of aryl methyl sites for hydroxylation is 3. The van der Waals surface area contributed by atoms with Gasteiger partial charge in [0.15, 0.2) is 11.8 Å². The smallest absolute Gasteiger partial charge is 0.306 e. The van der Waals surface area contributed by atoms with Gasteiger partial charge in [0.1, 0.15) is 0 Å². The molecule has 0 aliphatic heterocycles. The van der Waals surface area contributed by atoms with Crippen LogP contribution in [-0.4, -0.2) is 38.6 Å². The van der Waals surface area contributed by atoms with Crippen LogP contribution in [0.1, 0.15) is 68.6 Å². The van der Waals surface area contributed by atoms with Crippen LogP contribution >= 0.6 is 0 Å². The maximum absolute atomic E-state index is 12.4. The zero-order valence-electron chi connectivity index (χ0n) is 18.1. The molecule has 7 heteroatoms. The molecule has 0 aromatic carbocycles. The Bertz CT molecular complexity index is 905. The molecule has 1 fully saturated rings. The first kappa shape index (κ1) is 21.3. The van der Waals surface area contributed by atoms with Gasteiger partial charge in [0.05, 0.1) is 5.69 Å². The fourth-order valence-electron chi connectivity index (χ4n) is 4.17. The van der Waals surface area contributed by atoms with Crippen LogP contribution in [0.2, 0.25) is 0 Å². The van der Waals surface area contributed by atoms with E-state index >= 15 is 0 Å². The van der Waals surface area contributed by atoms with Crippen molar-refractivity contribution >= 4 is 17.5 Å². The van der Waals surface area contributed by atoms with Crippen LogP contribution in [0.25, 0.3) is 5.65 Å². The quantitative estimate of drug-likeness (QED) is 0.753. The second-order valence-corrected chi connectivity index (χ2v) is 8.33. The van der Waals surface area contributed by atoms with Gasteiger partial charge in [0.2, 0.25) is 0 Å². The predicted molar refractivity (Wildman–Crippen MR) is 111 cm³/mol. The monoisotopic (exact) mass is 400 g/mol. The number of esters is 1. The van der Waals surface area contributed by atoms with Gasteiger partial charge >= 0.3 is 5.97 Å². The van der Waals surface area contributed by atoms with Crippen molar-refractivity contribution in [2.45, 2.75) is 85.3 Å². The van der Waals surface area contributed by atoms with Crippen molar-refractivity contribution in [3.63, 3.8) is 0 Å². The lowest BCUT2D eigenvalue weighted by Crippen LogP contribution is -2.46. The topological polar surface area (TPSA) is 85.6 Å². The Morgan fingerprint density at radius 2 is 2.00 bits per heavy atom. The van der Waals surface area contributed by atoms with Crippen LogP contribution < -0.4 is 5.32 Å². The van der Waals surface area contributed by atoms with E-state index in [1.165, 1.54) is 6.42 Å². The highest BCUT2D eigenvalue weighted by Crippen LogP contribution is 2.24. The maximum atomic E-state index is 12.4. The Hall–Kier alpha value is -2.44. The SMILES string of the molecule is Cc1cc2nc(C)c(CCC(=O)OC(C)C(=O)NC3CCCCC3C)c(C)n2n1. The molecule has 2 heterocycles. The summed E-state index contributed by atoms with van der Waals surface area (Å²) < 4.78 is 7.20. The third-order valence-corrected chi connectivity index (χ3v) is 5.98. The first-order valence-electron chi connectivity index (χ1n) is 10.6. The van der Waals surface area contributed by atoms with Gasteiger partial charge in [-0.15, -0.1) is 0 Å². The van der Waals surface area contributed by atoms with E-state index in [0.29, 0.717) is 12.3 Å². The Morgan fingerprint density at radius 1 is 1.28 bits per heavy atom. The van der Waals surface area contributed by atoms with Gasteiger partial charge in [-0.25, -0.2) is 9.50 Å². The van der Waals surface area contributed by atoms with Crippen LogP contribution in [0.3, 0.4) is 0 Å². The summed E-state index contributed by atoms with van der Waals surface area (Å²) >= 11 is 0. The van der Waals surface area contributed by atoms with Crippen molar-refractivity contribution in [3.05, 3.63) is 28.7 Å². The molecule has 1 amide bonds. The van der Waals surface area contributed by atoms with Crippen LogP contribution in [0.5, 0.6) is 0 Å². The van der Waals surface area contributed by atoms with Gasteiger partial charge < -0.3 is 10.1 Å². The third kappa shape index (κ3) is 4.95. The summed E-state index contributed by atoms with van der Waals surface area (Å²) in [4.78, 5) is 29.3. The molecule has 158 valence electrons. The molecule has 0 saturated heterocycles. The van der Waals surface area contributed by atoms with E-state index in [-0.39, 0.29) is 24.3 Å². The molecule has 1 aliphatic carbocycles. The Morgan fingerprint density at radius 3 is 2.72 bits per heavy atom. The van der Waals surface area contributed by atoms with Crippen LogP contribution in [0.4, 0.5) is 0 Å². The number of nitrogens with one attached hydrogen (secondary N) is 1. The number of fused-ring (bicyclic) bond motifs is 1. The van der Waals surface area contributed by atoms with Crippen molar-refractivity contribution < 1.29 is 14.3 Å². The summed E-state index contributed by atoms with van der Waals surface area (Å²) in [6, 6.07) is 2.11. The molecule has 0 bridgehead atoms. The van der Waals surface area contributed by atoms with Crippen molar-refractivity contribution in [3.8, 4) is 0 Å². The predicted octanol–water partition coefficient (Wildman–Crippen LogP) is 3.21. The van der Waals surface area contributed by atoms with E-state index in [9.17, 15) is 9.59 Å². The molecule has 29 heavy (non-hydrogen) atoms. The fourth-order valence-corrected chi connectivity index (χ4v) is 4.17. The summed E-state index contributed by atoms with van der Waals surface area (Å²) in [5, 5.41) is 7.51. The lowest BCUT2D eigenvalue weighted by atomic mass is 9.86. The number of rotatable bonds is 6. The highest BCUT2D eigenvalue weighted by Gasteiger charge is 2.26. The lowest BCUT2D eigenvalue weighted by Gasteiger charge is -2.30. The number of aromatic nitrogens is 3. The van der Waals surface area contributed by atoms with E-state index in [1.54, 1.807) is 6.92 Å². The van der Waals surface area contributed by atoms with Crippen molar-refractivity contribution in [1.82, 2.24) is 19.9 Å². The van der Waals surface area contributed by atoms with Crippen molar-refractivity contribution in [2.75, 3.05) is 0 Å². The third-order valence-electron chi connectivity index (χ3n) is 5.98. The van der Waals surface area contributed by atoms with E-state index in [4.69, 9.17) is 4.74 Å². The number of hydrogen-bond acceptors (Lipinski definition) is 5. The second-order valence-electron chi connectivity index (χ2n) is 8.33. The normalized spacial score (nSPS) is 20.4. The second kappa shape index (κ2) is 8.93. The number of hydrogen-bond donors (Lipinski definition) is 1. The molecule has 1 aliphatic rings. The average Bonchev–Trinajstić information content (AvgIpc) is 3.03. The molecule has 3 rings (SSSR count). The summed E-state index contributed by atoms with van der Waals surface area (Å²) in [6.07, 6.45) is 4.40. The van der Waals surface area contributed by atoms with Crippen molar-refractivity contribution in [1.29, 1.82) is 0 Å². The fraction of sp³-hybridized carbons (Fsp3) is 0.636. The molecule has 2 aromatic heterocycles. The minimum atomic E-state index is -0.784. The number of nitrogens with zero attached hydrogens (tertiary/aromatic N) is 3. The highest BCUT2D eigenvalue weighted by molar-refractivity contribution is 5.83. The molecule has 2 aromatic rings. The molecule has 1 N–H and O–H groups in total. The van der Waals surface area contributed by atoms with Crippen molar-refractivity contribution in [2.24, 2.45) is 5.92 Å². The van der Waals surface area contributed by atoms with Gasteiger partial charge in [-0.05, 0) is 58.4 Å². The molecular formula is C22H32N4O3. The Kier molecular flexibility index (Phi) is 6.55. The van der Waals surface area contributed by atoms with Gasteiger partial charge in [0.25, 0.3) is 5.91 Å². The molecule has 3 unspecified atom stereocenters. The standard InChI is InChI=1S/C22H32N4O3/c1-13-8-6-7-9-19(13)24-22(28)17(5)29-21(27)11-10-18-15(3)23-20-12-14(2)25-26(20)16(18)4/h12-13,17,19H,6-11H2,1-5H3,(H,24,28).